The van der Waals surface area contributed by atoms with Gasteiger partial charge in [0.15, 0.2) is 5.82 Å². The number of benzene rings is 2. The standard InChI is InChI=1S/C18H16ClN3O3/c1-11-3-5-12(6-4-11)18-21-16(22-25-18)10-17(23)20-14-9-13(19)7-8-15(14)24-2/h3-9H,10H2,1-2H3,(H,20,23). The van der Waals surface area contributed by atoms with Crippen LogP contribution in [0.2, 0.25) is 5.02 Å². The summed E-state index contributed by atoms with van der Waals surface area (Å²) in [6.07, 6.45) is -0.0228. The van der Waals surface area contributed by atoms with E-state index in [9.17, 15) is 4.79 Å². The number of nitrogens with one attached hydrogen (secondary N) is 1. The second-order valence-electron chi connectivity index (χ2n) is 5.45. The maximum Gasteiger partial charge on any atom is 0.257 e. The van der Waals surface area contributed by atoms with Crippen molar-refractivity contribution in [1.82, 2.24) is 10.1 Å². The number of nitrogens with zero attached hydrogens (tertiary/aromatic N) is 2. The predicted molar refractivity (Wildman–Crippen MR) is 94.8 cm³/mol. The number of halogens is 1. The lowest BCUT2D eigenvalue weighted by Gasteiger charge is -2.09. The van der Waals surface area contributed by atoms with Crippen molar-refractivity contribution in [3.05, 3.63) is 58.9 Å². The van der Waals surface area contributed by atoms with Crippen LogP contribution in [0.15, 0.2) is 47.0 Å². The van der Waals surface area contributed by atoms with Crippen LogP contribution in [0.3, 0.4) is 0 Å². The summed E-state index contributed by atoms with van der Waals surface area (Å²) in [4.78, 5) is 16.5. The van der Waals surface area contributed by atoms with Gasteiger partial charge in [-0.25, -0.2) is 0 Å². The fraction of sp³-hybridized carbons (Fsp3) is 0.167. The highest BCUT2D eigenvalue weighted by Crippen LogP contribution is 2.27. The number of aromatic nitrogens is 2. The molecule has 1 amide bonds. The average molecular weight is 358 g/mol. The minimum atomic E-state index is -0.295. The van der Waals surface area contributed by atoms with E-state index in [-0.39, 0.29) is 12.3 Å². The fourth-order valence-corrected chi connectivity index (χ4v) is 2.43. The lowest BCUT2D eigenvalue weighted by molar-refractivity contribution is -0.115. The number of aryl methyl sites for hydroxylation is 1. The van der Waals surface area contributed by atoms with Gasteiger partial charge in [0.2, 0.25) is 5.91 Å². The molecule has 3 aromatic rings. The lowest BCUT2D eigenvalue weighted by Crippen LogP contribution is -2.15. The van der Waals surface area contributed by atoms with Crippen LogP contribution in [0.1, 0.15) is 11.4 Å². The Balaban J connectivity index is 1.70. The maximum absolute atomic E-state index is 12.2. The van der Waals surface area contributed by atoms with Gasteiger partial charge in [-0.1, -0.05) is 34.5 Å². The zero-order valence-electron chi connectivity index (χ0n) is 13.7. The van der Waals surface area contributed by atoms with E-state index in [2.05, 4.69) is 15.5 Å². The SMILES string of the molecule is COc1ccc(Cl)cc1NC(=O)Cc1noc(-c2ccc(C)cc2)n1. The first kappa shape index (κ1) is 17.0. The molecule has 0 bridgehead atoms. The molecular weight excluding hydrogens is 342 g/mol. The first-order valence-electron chi connectivity index (χ1n) is 7.58. The number of methoxy groups -OCH3 is 1. The number of carbonyl (C=O) groups is 1. The molecule has 0 aliphatic rings. The summed E-state index contributed by atoms with van der Waals surface area (Å²) in [5, 5.41) is 7.09. The lowest BCUT2D eigenvalue weighted by atomic mass is 10.1. The molecule has 0 fully saturated rings. The van der Waals surface area contributed by atoms with Gasteiger partial charge in [-0.3, -0.25) is 4.79 Å². The Morgan fingerprint density at radius 3 is 2.72 bits per heavy atom. The van der Waals surface area contributed by atoms with Crippen molar-refractivity contribution in [3.8, 4) is 17.2 Å². The molecular formula is C18H16ClN3O3. The largest absolute Gasteiger partial charge is 0.495 e. The summed E-state index contributed by atoms with van der Waals surface area (Å²) in [7, 11) is 1.52. The third kappa shape index (κ3) is 4.16. The van der Waals surface area contributed by atoms with E-state index in [1.54, 1.807) is 18.2 Å². The van der Waals surface area contributed by atoms with E-state index >= 15 is 0 Å². The number of hydrogen-bond donors (Lipinski definition) is 1. The van der Waals surface area contributed by atoms with Crippen molar-refractivity contribution in [2.24, 2.45) is 0 Å². The quantitative estimate of drug-likeness (QED) is 0.749. The second-order valence-corrected chi connectivity index (χ2v) is 5.89. The first-order valence-corrected chi connectivity index (χ1v) is 7.96. The Bertz CT molecular complexity index is 891. The molecule has 7 heteroatoms. The molecule has 0 atom stereocenters. The Morgan fingerprint density at radius 2 is 2.00 bits per heavy atom. The molecule has 6 nitrogen and oxygen atoms in total. The molecule has 0 saturated heterocycles. The third-order valence-electron chi connectivity index (χ3n) is 3.52. The number of amides is 1. The van der Waals surface area contributed by atoms with Crippen LogP contribution in [0.4, 0.5) is 5.69 Å². The van der Waals surface area contributed by atoms with Crippen molar-refractivity contribution in [2.75, 3.05) is 12.4 Å². The molecule has 0 spiro atoms. The highest BCUT2D eigenvalue weighted by atomic mass is 35.5. The summed E-state index contributed by atoms with van der Waals surface area (Å²) < 4.78 is 10.4. The van der Waals surface area contributed by atoms with Crippen molar-refractivity contribution >= 4 is 23.2 Å². The van der Waals surface area contributed by atoms with Crippen LogP contribution in [0.25, 0.3) is 11.5 Å². The van der Waals surface area contributed by atoms with Gasteiger partial charge in [-0.15, -0.1) is 0 Å². The fourth-order valence-electron chi connectivity index (χ4n) is 2.26. The van der Waals surface area contributed by atoms with Gasteiger partial charge in [0, 0.05) is 10.6 Å². The van der Waals surface area contributed by atoms with Gasteiger partial charge in [0.25, 0.3) is 5.89 Å². The van der Waals surface area contributed by atoms with E-state index in [0.717, 1.165) is 11.1 Å². The van der Waals surface area contributed by atoms with Crippen LogP contribution in [-0.4, -0.2) is 23.2 Å². The Kier molecular flexibility index (Phi) is 5.00. The maximum atomic E-state index is 12.2. The molecule has 0 unspecified atom stereocenters. The van der Waals surface area contributed by atoms with E-state index in [1.165, 1.54) is 7.11 Å². The zero-order chi connectivity index (χ0) is 17.8. The summed E-state index contributed by atoms with van der Waals surface area (Å²) in [5.41, 5.74) is 2.43. The van der Waals surface area contributed by atoms with Gasteiger partial charge in [0.05, 0.1) is 19.2 Å². The number of anilines is 1. The van der Waals surface area contributed by atoms with E-state index < -0.39 is 0 Å². The molecule has 1 heterocycles. The zero-order valence-corrected chi connectivity index (χ0v) is 14.5. The average Bonchev–Trinajstić information content (AvgIpc) is 3.04. The van der Waals surface area contributed by atoms with Crippen molar-refractivity contribution in [2.45, 2.75) is 13.3 Å². The first-order chi connectivity index (χ1) is 12.0. The molecule has 0 aliphatic carbocycles. The molecule has 1 N–H and O–H groups in total. The number of hydrogen-bond acceptors (Lipinski definition) is 5. The highest BCUT2D eigenvalue weighted by Gasteiger charge is 2.14. The van der Waals surface area contributed by atoms with Gasteiger partial charge in [0.1, 0.15) is 5.75 Å². The van der Waals surface area contributed by atoms with Crippen LogP contribution in [0, 0.1) is 6.92 Å². The predicted octanol–water partition coefficient (Wildman–Crippen LogP) is 3.89. The Hall–Kier alpha value is -2.86. The van der Waals surface area contributed by atoms with Gasteiger partial charge in [-0.2, -0.15) is 4.98 Å². The molecule has 3 rings (SSSR count). The number of carbonyl (C=O) groups excluding carboxylic acids is 1. The molecule has 0 radical (unpaired) electrons. The van der Waals surface area contributed by atoms with E-state index in [0.29, 0.717) is 28.2 Å². The van der Waals surface area contributed by atoms with E-state index in [1.807, 2.05) is 31.2 Å². The molecule has 128 valence electrons. The summed E-state index contributed by atoms with van der Waals surface area (Å²) >= 11 is 5.95. The Morgan fingerprint density at radius 1 is 1.24 bits per heavy atom. The van der Waals surface area contributed by atoms with Gasteiger partial charge < -0.3 is 14.6 Å². The minimum absolute atomic E-state index is 0.0228. The van der Waals surface area contributed by atoms with Crippen LogP contribution < -0.4 is 10.1 Å². The smallest absolute Gasteiger partial charge is 0.257 e. The molecule has 1 aromatic heterocycles. The Labute approximate surface area is 149 Å². The summed E-state index contributed by atoms with van der Waals surface area (Å²) in [6.45, 7) is 2.00. The van der Waals surface area contributed by atoms with Crippen molar-refractivity contribution in [3.63, 3.8) is 0 Å². The van der Waals surface area contributed by atoms with Crippen LogP contribution in [-0.2, 0) is 11.2 Å². The monoisotopic (exact) mass is 357 g/mol. The number of ether oxygens (including phenoxy) is 1. The van der Waals surface area contributed by atoms with Gasteiger partial charge >= 0.3 is 0 Å². The molecule has 2 aromatic carbocycles. The molecule has 25 heavy (non-hydrogen) atoms. The van der Waals surface area contributed by atoms with Crippen LogP contribution >= 0.6 is 11.6 Å². The minimum Gasteiger partial charge on any atom is -0.495 e. The van der Waals surface area contributed by atoms with Crippen molar-refractivity contribution < 1.29 is 14.1 Å². The normalized spacial score (nSPS) is 10.5. The van der Waals surface area contributed by atoms with E-state index in [4.69, 9.17) is 20.9 Å². The van der Waals surface area contributed by atoms with Crippen LogP contribution in [0.5, 0.6) is 5.75 Å². The summed E-state index contributed by atoms with van der Waals surface area (Å²) in [6, 6.07) is 12.7. The van der Waals surface area contributed by atoms with Crippen molar-refractivity contribution in [1.29, 1.82) is 0 Å². The molecule has 0 aliphatic heterocycles. The van der Waals surface area contributed by atoms with Gasteiger partial charge in [-0.05, 0) is 37.3 Å². The third-order valence-corrected chi connectivity index (χ3v) is 3.76. The second kappa shape index (κ2) is 7.36. The highest BCUT2D eigenvalue weighted by molar-refractivity contribution is 6.31. The summed E-state index contributed by atoms with van der Waals surface area (Å²) in [5.74, 6) is 0.903. The molecule has 0 saturated carbocycles. The topological polar surface area (TPSA) is 77.2 Å². The number of rotatable bonds is 5.